The van der Waals surface area contributed by atoms with E-state index in [0.29, 0.717) is 29.6 Å². The molecule has 0 bridgehead atoms. The average Bonchev–Trinajstić information content (AvgIpc) is 3.48. The van der Waals surface area contributed by atoms with Crippen molar-refractivity contribution in [3.8, 4) is 0 Å². The molecule has 3 aromatic heterocycles. The van der Waals surface area contributed by atoms with Crippen molar-refractivity contribution < 1.29 is 14.6 Å². The summed E-state index contributed by atoms with van der Waals surface area (Å²) in [6, 6.07) is 6.56. The SMILES string of the molecule is CC(C)(CCC(C)(C)NC[C@H](O)c1cccn2cncc12)NC[C@H](O)c1cc(F)cc2[nH]ncc12. The zero-order valence-corrected chi connectivity index (χ0v) is 20.7. The number of rotatable bonds is 11. The summed E-state index contributed by atoms with van der Waals surface area (Å²) in [5.74, 6) is -0.408. The van der Waals surface area contributed by atoms with E-state index >= 15 is 0 Å². The minimum Gasteiger partial charge on any atom is -0.387 e. The predicted molar refractivity (Wildman–Crippen MR) is 135 cm³/mol. The van der Waals surface area contributed by atoms with Gasteiger partial charge in [0, 0.05) is 41.3 Å². The maximum Gasteiger partial charge on any atom is 0.125 e. The van der Waals surface area contributed by atoms with Gasteiger partial charge in [0.2, 0.25) is 0 Å². The lowest BCUT2D eigenvalue weighted by Gasteiger charge is -2.34. The van der Waals surface area contributed by atoms with Crippen LogP contribution in [0, 0.1) is 5.82 Å². The van der Waals surface area contributed by atoms with Gasteiger partial charge in [-0.3, -0.25) is 5.10 Å². The summed E-state index contributed by atoms with van der Waals surface area (Å²) in [6.07, 6.45) is 7.16. The lowest BCUT2D eigenvalue weighted by atomic mass is 9.89. The van der Waals surface area contributed by atoms with Gasteiger partial charge in [-0.1, -0.05) is 6.07 Å². The van der Waals surface area contributed by atoms with E-state index in [-0.39, 0.29) is 11.1 Å². The highest BCUT2D eigenvalue weighted by Gasteiger charge is 2.26. The van der Waals surface area contributed by atoms with E-state index < -0.39 is 18.0 Å². The Kier molecular flexibility index (Phi) is 7.23. The fourth-order valence-corrected chi connectivity index (χ4v) is 4.34. The number of aromatic amines is 1. The van der Waals surface area contributed by atoms with Crippen LogP contribution in [0.15, 0.2) is 49.2 Å². The van der Waals surface area contributed by atoms with Crippen LogP contribution >= 0.6 is 0 Å². The zero-order valence-electron chi connectivity index (χ0n) is 20.7. The van der Waals surface area contributed by atoms with Gasteiger partial charge >= 0.3 is 0 Å². The number of nitrogens with one attached hydrogen (secondary N) is 3. The summed E-state index contributed by atoms with van der Waals surface area (Å²) in [5.41, 5.74) is 2.35. The Bertz CT molecular complexity index is 1280. The first-order valence-corrected chi connectivity index (χ1v) is 11.9. The lowest BCUT2D eigenvalue weighted by molar-refractivity contribution is 0.149. The number of aromatic nitrogens is 4. The highest BCUT2D eigenvalue weighted by Crippen LogP contribution is 2.26. The molecule has 35 heavy (non-hydrogen) atoms. The number of β-amino-alcohol motifs (C(OH)–C–C–N with tert-alkyl or cyclic N) is 2. The van der Waals surface area contributed by atoms with Crippen molar-refractivity contribution in [3.63, 3.8) is 0 Å². The fourth-order valence-electron chi connectivity index (χ4n) is 4.34. The van der Waals surface area contributed by atoms with Gasteiger partial charge < -0.3 is 25.2 Å². The first kappa shape index (κ1) is 25.2. The summed E-state index contributed by atoms with van der Waals surface area (Å²) in [6.45, 7) is 9.12. The molecule has 0 amide bonds. The van der Waals surface area contributed by atoms with Gasteiger partial charge in [0.05, 0.1) is 42.0 Å². The molecule has 2 atom stereocenters. The third-order valence-corrected chi connectivity index (χ3v) is 6.68. The van der Waals surface area contributed by atoms with Crippen LogP contribution < -0.4 is 10.6 Å². The van der Waals surface area contributed by atoms with Crippen LogP contribution in [0.3, 0.4) is 0 Å². The fraction of sp³-hybridized carbons (Fsp3) is 0.462. The zero-order chi connectivity index (χ0) is 25.2. The highest BCUT2D eigenvalue weighted by molar-refractivity contribution is 5.82. The van der Waals surface area contributed by atoms with E-state index in [1.165, 1.54) is 12.1 Å². The molecule has 4 rings (SSSR count). The standard InChI is InChI=1S/C26H35FN6O2/c1-25(2,29-14-23(34)18-6-5-9-33-16-28-13-22(18)33)7-8-26(3,4)30-15-24(35)19-10-17(27)11-21-20(19)12-31-32-21/h5-6,9-13,16,23-24,29-30,34-35H,7-8,14-15H2,1-4H3,(H,31,32)/t23-,24-/m0/s1. The van der Waals surface area contributed by atoms with Crippen LogP contribution in [0.2, 0.25) is 0 Å². The number of fused-ring (bicyclic) bond motifs is 2. The molecule has 0 fully saturated rings. The smallest absolute Gasteiger partial charge is 0.125 e. The molecule has 0 aliphatic heterocycles. The summed E-state index contributed by atoms with van der Waals surface area (Å²) < 4.78 is 15.8. The summed E-state index contributed by atoms with van der Waals surface area (Å²) >= 11 is 0. The second kappa shape index (κ2) is 10.0. The van der Waals surface area contributed by atoms with Crippen molar-refractivity contribution >= 4 is 16.4 Å². The Morgan fingerprint density at radius 3 is 2.34 bits per heavy atom. The third kappa shape index (κ3) is 6.05. The maximum atomic E-state index is 14.0. The molecule has 0 radical (unpaired) electrons. The maximum absolute atomic E-state index is 14.0. The number of halogens is 1. The van der Waals surface area contributed by atoms with Crippen LogP contribution in [0.25, 0.3) is 16.4 Å². The summed E-state index contributed by atoms with van der Waals surface area (Å²) in [4.78, 5) is 4.16. The summed E-state index contributed by atoms with van der Waals surface area (Å²) in [7, 11) is 0. The average molecular weight is 483 g/mol. The van der Waals surface area contributed by atoms with E-state index in [9.17, 15) is 14.6 Å². The van der Waals surface area contributed by atoms with Crippen molar-refractivity contribution in [1.29, 1.82) is 0 Å². The number of nitrogens with zero attached hydrogens (tertiary/aromatic N) is 3. The molecular formula is C26H35FN6O2. The molecule has 0 aliphatic rings. The Morgan fingerprint density at radius 2 is 1.66 bits per heavy atom. The molecule has 0 unspecified atom stereocenters. The molecule has 0 aliphatic carbocycles. The minimum atomic E-state index is -0.863. The number of hydrogen-bond acceptors (Lipinski definition) is 6. The van der Waals surface area contributed by atoms with Gasteiger partial charge in [0.15, 0.2) is 0 Å². The number of benzene rings is 1. The Labute approximate surface area is 204 Å². The monoisotopic (exact) mass is 482 g/mol. The number of imidazole rings is 1. The van der Waals surface area contributed by atoms with Crippen LogP contribution in [-0.4, -0.2) is 54.0 Å². The van der Waals surface area contributed by atoms with E-state index in [1.54, 1.807) is 18.7 Å². The summed E-state index contributed by atoms with van der Waals surface area (Å²) in [5, 5.41) is 35.9. The Morgan fingerprint density at radius 1 is 1.00 bits per heavy atom. The van der Waals surface area contributed by atoms with Crippen molar-refractivity contribution in [2.24, 2.45) is 0 Å². The molecule has 188 valence electrons. The van der Waals surface area contributed by atoms with Gasteiger partial charge in [-0.15, -0.1) is 0 Å². The molecule has 5 N–H and O–H groups in total. The molecule has 0 spiro atoms. The molecule has 0 saturated carbocycles. The third-order valence-electron chi connectivity index (χ3n) is 6.68. The van der Waals surface area contributed by atoms with Crippen LogP contribution in [0.4, 0.5) is 4.39 Å². The molecule has 1 aromatic carbocycles. The Hall–Kier alpha value is -2.85. The number of aliphatic hydroxyl groups is 2. The van der Waals surface area contributed by atoms with E-state index in [1.807, 2.05) is 22.7 Å². The molecule has 0 saturated heterocycles. The highest BCUT2D eigenvalue weighted by atomic mass is 19.1. The van der Waals surface area contributed by atoms with Crippen LogP contribution in [-0.2, 0) is 0 Å². The predicted octanol–water partition coefficient (Wildman–Crippen LogP) is 3.63. The number of hydrogen-bond donors (Lipinski definition) is 5. The van der Waals surface area contributed by atoms with Gasteiger partial charge in [-0.25, -0.2) is 9.37 Å². The second-order valence-electron chi connectivity index (χ2n) is 10.5. The van der Waals surface area contributed by atoms with E-state index in [0.717, 1.165) is 23.9 Å². The van der Waals surface area contributed by atoms with Crippen molar-refractivity contribution in [2.75, 3.05) is 13.1 Å². The van der Waals surface area contributed by atoms with Crippen molar-refractivity contribution in [1.82, 2.24) is 30.2 Å². The van der Waals surface area contributed by atoms with Crippen molar-refractivity contribution in [3.05, 3.63) is 66.1 Å². The van der Waals surface area contributed by atoms with Crippen LogP contribution in [0.5, 0.6) is 0 Å². The van der Waals surface area contributed by atoms with Crippen molar-refractivity contribution in [2.45, 2.75) is 63.8 Å². The first-order chi connectivity index (χ1) is 16.5. The van der Waals surface area contributed by atoms with Gasteiger partial charge in [-0.2, -0.15) is 5.10 Å². The number of aliphatic hydroxyl groups excluding tert-OH is 2. The molecule has 9 heteroatoms. The number of pyridine rings is 1. The Balaban J connectivity index is 1.29. The van der Waals surface area contributed by atoms with Crippen LogP contribution in [0.1, 0.15) is 63.9 Å². The quantitative estimate of drug-likeness (QED) is 0.223. The topological polar surface area (TPSA) is 111 Å². The molecular weight excluding hydrogens is 447 g/mol. The van der Waals surface area contributed by atoms with Gasteiger partial charge in [0.1, 0.15) is 5.82 Å². The number of H-pyrrole nitrogens is 1. The normalized spacial score (nSPS) is 14.6. The second-order valence-corrected chi connectivity index (χ2v) is 10.5. The largest absolute Gasteiger partial charge is 0.387 e. The van der Waals surface area contributed by atoms with E-state index in [4.69, 9.17) is 0 Å². The lowest BCUT2D eigenvalue weighted by Crippen LogP contribution is -2.46. The molecule has 4 aromatic rings. The van der Waals surface area contributed by atoms with Gasteiger partial charge in [0.25, 0.3) is 0 Å². The van der Waals surface area contributed by atoms with Gasteiger partial charge in [-0.05, 0) is 64.3 Å². The van der Waals surface area contributed by atoms with E-state index in [2.05, 4.69) is 53.5 Å². The molecule has 3 heterocycles. The minimum absolute atomic E-state index is 0.213. The molecule has 8 nitrogen and oxygen atoms in total. The first-order valence-electron chi connectivity index (χ1n) is 11.9.